The second kappa shape index (κ2) is 5.44. The van der Waals surface area contributed by atoms with Gasteiger partial charge >= 0.3 is 0 Å². The lowest BCUT2D eigenvalue weighted by Crippen LogP contribution is -2.38. The summed E-state index contributed by atoms with van der Waals surface area (Å²) in [5, 5.41) is 11.0. The number of nitrogen functional groups attached to an aromatic ring is 1. The van der Waals surface area contributed by atoms with Crippen LogP contribution in [0.15, 0.2) is 12.1 Å². The van der Waals surface area contributed by atoms with Gasteiger partial charge in [-0.25, -0.2) is 4.39 Å². The zero-order valence-corrected chi connectivity index (χ0v) is 11.1. The number of nitrogens with zero attached hydrogens (tertiary/aromatic N) is 2. The highest BCUT2D eigenvalue weighted by Crippen LogP contribution is 2.27. The minimum absolute atomic E-state index is 0.150. The van der Waals surface area contributed by atoms with E-state index in [0.29, 0.717) is 25.1 Å². The number of anilines is 1. The quantitative estimate of drug-likeness (QED) is 0.511. The zero-order chi connectivity index (χ0) is 14.9. The highest BCUT2D eigenvalue weighted by Gasteiger charge is 2.28. The lowest BCUT2D eigenvalue weighted by atomic mass is 9.98. The van der Waals surface area contributed by atoms with Crippen LogP contribution in [0.3, 0.4) is 0 Å². The SMILES string of the molecule is CC1CCN(C(=O)c2cc(N)c(F)cc2[N+](=O)[O-])CC1. The molecule has 1 fully saturated rings. The molecule has 2 rings (SSSR count). The Morgan fingerprint density at radius 2 is 2.05 bits per heavy atom. The summed E-state index contributed by atoms with van der Waals surface area (Å²) in [4.78, 5) is 24.1. The lowest BCUT2D eigenvalue weighted by molar-refractivity contribution is -0.385. The van der Waals surface area contributed by atoms with Crippen LogP contribution in [0.4, 0.5) is 15.8 Å². The molecule has 0 unspecified atom stereocenters. The zero-order valence-electron chi connectivity index (χ0n) is 11.1. The van der Waals surface area contributed by atoms with Crippen LogP contribution in [-0.2, 0) is 0 Å². The molecule has 0 saturated carbocycles. The fraction of sp³-hybridized carbons (Fsp3) is 0.462. The minimum atomic E-state index is -0.888. The third kappa shape index (κ3) is 2.71. The average Bonchev–Trinajstić information content (AvgIpc) is 2.41. The number of halogens is 1. The maximum absolute atomic E-state index is 13.3. The summed E-state index contributed by atoms with van der Waals surface area (Å²) in [6, 6.07) is 1.75. The summed E-state index contributed by atoms with van der Waals surface area (Å²) in [7, 11) is 0. The summed E-state index contributed by atoms with van der Waals surface area (Å²) < 4.78 is 13.3. The number of amides is 1. The number of rotatable bonds is 2. The number of nitrogens with two attached hydrogens (primary N) is 1. The molecular formula is C13H16FN3O3. The molecule has 108 valence electrons. The molecule has 20 heavy (non-hydrogen) atoms. The summed E-state index contributed by atoms with van der Waals surface area (Å²) in [6.45, 7) is 3.20. The Hall–Kier alpha value is -2.18. The summed E-state index contributed by atoms with van der Waals surface area (Å²) in [5.41, 5.74) is 4.46. The predicted octanol–water partition coefficient (Wildman–Crippen LogP) is 2.19. The Labute approximate surface area is 115 Å². The molecule has 1 saturated heterocycles. The van der Waals surface area contributed by atoms with Crippen molar-refractivity contribution in [2.75, 3.05) is 18.8 Å². The standard InChI is InChI=1S/C13H16FN3O3/c1-8-2-4-16(5-3-8)13(18)9-6-11(15)10(14)7-12(9)17(19)20/h6-8H,2-5,15H2,1H3. The molecule has 0 bridgehead atoms. The number of nitro groups is 1. The van der Waals surface area contributed by atoms with Crippen LogP contribution >= 0.6 is 0 Å². The van der Waals surface area contributed by atoms with Gasteiger partial charge in [-0.3, -0.25) is 14.9 Å². The molecule has 0 spiro atoms. The Bertz CT molecular complexity index is 554. The number of carbonyl (C=O) groups is 1. The second-order valence-electron chi connectivity index (χ2n) is 5.12. The predicted molar refractivity (Wildman–Crippen MR) is 71.8 cm³/mol. The first kappa shape index (κ1) is 14.2. The molecule has 0 aliphatic carbocycles. The highest BCUT2D eigenvalue weighted by atomic mass is 19.1. The normalized spacial score (nSPS) is 16.2. The Kier molecular flexibility index (Phi) is 3.87. The van der Waals surface area contributed by atoms with Crippen LogP contribution in [0, 0.1) is 21.8 Å². The second-order valence-corrected chi connectivity index (χ2v) is 5.12. The van der Waals surface area contributed by atoms with Crippen molar-refractivity contribution in [3.8, 4) is 0 Å². The van der Waals surface area contributed by atoms with Crippen molar-refractivity contribution in [2.24, 2.45) is 5.92 Å². The van der Waals surface area contributed by atoms with Crippen LogP contribution in [0.25, 0.3) is 0 Å². The van der Waals surface area contributed by atoms with Gasteiger partial charge in [0, 0.05) is 13.1 Å². The molecule has 6 nitrogen and oxygen atoms in total. The minimum Gasteiger partial charge on any atom is -0.396 e. The van der Waals surface area contributed by atoms with Crippen molar-refractivity contribution < 1.29 is 14.1 Å². The molecule has 0 aromatic heterocycles. The van der Waals surface area contributed by atoms with E-state index in [1.165, 1.54) is 0 Å². The first-order valence-corrected chi connectivity index (χ1v) is 6.43. The van der Waals surface area contributed by atoms with Crippen molar-refractivity contribution in [3.63, 3.8) is 0 Å². The van der Waals surface area contributed by atoms with Crippen LogP contribution in [0.5, 0.6) is 0 Å². The number of hydrogen-bond donors (Lipinski definition) is 1. The third-order valence-electron chi connectivity index (χ3n) is 3.61. The Balaban J connectivity index is 2.34. The van der Waals surface area contributed by atoms with Crippen molar-refractivity contribution in [3.05, 3.63) is 33.6 Å². The van der Waals surface area contributed by atoms with Gasteiger partial charge in [0.2, 0.25) is 0 Å². The summed E-state index contributed by atoms with van der Waals surface area (Å²) in [5.74, 6) is -0.817. The van der Waals surface area contributed by atoms with E-state index in [2.05, 4.69) is 6.92 Å². The van der Waals surface area contributed by atoms with Gasteiger partial charge < -0.3 is 10.6 Å². The van der Waals surface area contributed by atoms with E-state index in [0.717, 1.165) is 18.9 Å². The summed E-state index contributed by atoms with van der Waals surface area (Å²) in [6.07, 6.45) is 1.71. The van der Waals surface area contributed by atoms with E-state index in [4.69, 9.17) is 5.73 Å². The van der Waals surface area contributed by atoms with E-state index in [1.54, 1.807) is 4.90 Å². The first-order valence-electron chi connectivity index (χ1n) is 6.43. The van der Waals surface area contributed by atoms with E-state index in [-0.39, 0.29) is 11.3 Å². The largest absolute Gasteiger partial charge is 0.396 e. The highest BCUT2D eigenvalue weighted by molar-refractivity contribution is 5.99. The lowest BCUT2D eigenvalue weighted by Gasteiger charge is -2.30. The van der Waals surface area contributed by atoms with Gasteiger partial charge in [-0.1, -0.05) is 6.92 Å². The maximum Gasteiger partial charge on any atom is 0.285 e. The Morgan fingerprint density at radius 1 is 1.45 bits per heavy atom. The van der Waals surface area contributed by atoms with Gasteiger partial charge in [-0.05, 0) is 24.8 Å². The smallest absolute Gasteiger partial charge is 0.285 e. The number of piperidine rings is 1. The molecule has 7 heteroatoms. The van der Waals surface area contributed by atoms with Gasteiger partial charge in [0.25, 0.3) is 11.6 Å². The molecule has 2 N–H and O–H groups in total. The van der Waals surface area contributed by atoms with Gasteiger partial charge in [0.1, 0.15) is 5.56 Å². The number of hydrogen-bond acceptors (Lipinski definition) is 4. The Morgan fingerprint density at radius 3 is 2.60 bits per heavy atom. The van der Waals surface area contributed by atoms with E-state index < -0.39 is 22.3 Å². The maximum atomic E-state index is 13.3. The van der Waals surface area contributed by atoms with Crippen LogP contribution in [0.2, 0.25) is 0 Å². The van der Waals surface area contributed by atoms with Gasteiger partial charge in [0.15, 0.2) is 5.82 Å². The third-order valence-corrected chi connectivity index (χ3v) is 3.61. The average molecular weight is 281 g/mol. The fourth-order valence-corrected chi connectivity index (χ4v) is 2.28. The topological polar surface area (TPSA) is 89.5 Å². The van der Waals surface area contributed by atoms with Crippen LogP contribution in [0.1, 0.15) is 30.1 Å². The molecule has 0 radical (unpaired) electrons. The number of nitro benzene ring substituents is 1. The van der Waals surface area contributed by atoms with E-state index >= 15 is 0 Å². The molecule has 1 aliphatic rings. The van der Waals surface area contributed by atoms with E-state index in [1.807, 2.05) is 0 Å². The molecule has 1 heterocycles. The van der Waals surface area contributed by atoms with Gasteiger partial charge in [-0.2, -0.15) is 0 Å². The summed E-state index contributed by atoms with van der Waals surface area (Å²) >= 11 is 0. The van der Waals surface area contributed by atoms with Gasteiger partial charge in [0.05, 0.1) is 16.7 Å². The molecule has 1 aromatic rings. The van der Waals surface area contributed by atoms with Crippen LogP contribution in [-0.4, -0.2) is 28.8 Å². The van der Waals surface area contributed by atoms with Crippen molar-refractivity contribution in [1.29, 1.82) is 0 Å². The van der Waals surface area contributed by atoms with Crippen molar-refractivity contribution in [2.45, 2.75) is 19.8 Å². The van der Waals surface area contributed by atoms with Gasteiger partial charge in [-0.15, -0.1) is 0 Å². The number of benzene rings is 1. The monoisotopic (exact) mass is 281 g/mol. The molecule has 1 amide bonds. The fourth-order valence-electron chi connectivity index (χ4n) is 2.28. The molecule has 1 aliphatic heterocycles. The number of carbonyl (C=O) groups excluding carboxylic acids is 1. The van der Waals surface area contributed by atoms with E-state index in [9.17, 15) is 19.3 Å². The van der Waals surface area contributed by atoms with Crippen molar-refractivity contribution >= 4 is 17.3 Å². The van der Waals surface area contributed by atoms with Crippen molar-refractivity contribution in [1.82, 2.24) is 4.90 Å². The molecule has 1 aromatic carbocycles. The van der Waals surface area contributed by atoms with Crippen LogP contribution < -0.4 is 5.73 Å². The number of likely N-dealkylation sites (tertiary alicyclic amines) is 1. The first-order chi connectivity index (χ1) is 9.40. The molecule has 0 atom stereocenters. The molecular weight excluding hydrogens is 265 g/mol.